The van der Waals surface area contributed by atoms with Crippen LogP contribution in [0, 0.1) is 18.3 Å². The second-order valence-corrected chi connectivity index (χ2v) is 7.91. The number of fused-ring (bicyclic) bond motifs is 1. The maximum absolute atomic E-state index is 13.7. The van der Waals surface area contributed by atoms with Gasteiger partial charge in [-0.1, -0.05) is 42.0 Å². The van der Waals surface area contributed by atoms with Gasteiger partial charge in [-0.05, 0) is 25.5 Å². The van der Waals surface area contributed by atoms with E-state index in [1.807, 2.05) is 60.8 Å². The molecule has 6 heteroatoms. The number of benzene rings is 2. The average molecular weight is 416 g/mol. The predicted molar refractivity (Wildman–Crippen MR) is 121 cm³/mol. The molecule has 0 atom stereocenters. The fraction of sp³-hybridized carbons (Fsp3) is 0.208. The first-order chi connectivity index (χ1) is 14.6. The molecule has 0 saturated carbocycles. The summed E-state index contributed by atoms with van der Waals surface area (Å²) in [5.41, 5.74) is 3.61. The van der Waals surface area contributed by atoms with Gasteiger partial charge in [-0.25, -0.2) is 4.98 Å². The minimum Gasteiger partial charge on any atom is -0.496 e. The fourth-order valence-corrected chi connectivity index (χ4v) is 4.51. The van der Waals surface area contributed by atoms with Crippen LogP contribution in [0.15, 0.2) is 58.7 Å². The molecule has 30 heavy (non-hydrogen) atoms. The Morgan fingerprint density at radius 2 is 1.97 bits per heavy atom. The Morgan fingerprint density at radius 1 is 1.17 bits per heavy atom. The number of nitriles is 1. The van der Waals surface area contributed by atoms with Gasteiger partial charge < -0.3 is 4.74 Å². The highest BCUT2D eigenvalue weighted by molar-refractivity contribution is 7.17. The molecule has 150 valence electrons. The molecule has 0 aliphatic rings. The number of rotatable bonds is 6. The van der Waals surface area contributed by atoms with Crippen molar-refractivity contribution in [3.8, 4) is 34.3 Å². The van der Waals surface area contributed by atoms with E-state index in [0.29, 0.717) is 35.4 Å². The first kappa shape index (κ1) is 19.9. The van der Waals surface area contributed by atoms with Gasteiger partial charge in [-0.15, -0.1) is 11.3 Å². The van der Waals surface area contributed by atoms with Crippen molar-refractivity contribution in [1.82, 2.24) is 9.55 Å². The summed E-state index contributed by atoms with van der Waals surface area (Å²) < 4.78 is 7.26. The maximum atomic E-state index is 13.7. The maximum Gasteiger partial charge on any atom is 0.263 e. The van der Waals surface area contributed by atoms with Crippen molar-refractivity contribution in [2.75, 3.05) is 7.11 Å². The van der Waals surface area contributed by atoms with Crippen LogP contribution in [0.3, 0.4) is 0 Å². The summed E-state index contributed by atoms with van der Waals surface area (Å²) >= 11 is 1.46. The normalized spacial score (nSPS) is 10.8. The topological polar surface area (TPSA) is 67.9 Å². The number of methoxy groups -OCH3 is 1. The van der Waals surface area contributed by atoms with Gasteiger partial charge >= 0.3 is 0 Å². The molecule has 0 amide bonds. The Kier molecular flexibility index (Phi) is 5.64. The van der Waals surface area contributed by atoms with Crippen molar-refractivity contribution in [2.24, 2.45) is 0 Å². The molecule has 0 N–H and O–H groups in total. The van der Waals surface area contributed by atoms with Crippen molar-refractivity contribution >= 4 is 21.6 Å². The van der Waals surface area contributed by atoms with Gasteiger partial charge in [0.1, 0.15) is 16.4 Å². The summed E-state index contributed by atoms with van der Waals surface area (Å²) in [6.07, 6.45) is 0.984. The highest BCUT2D eigenvalue weighted by Gasteiger charge is 2.19. The van der Waals surface area contributed by atoms with E-state index in [9.17, 15) is 4.79 Å². The SMILES string of the molecule is COc1ccc(C)cc1-c1csc2nc(-c3ccccc3)n(CCCC#N)c(=O)c12. The van der Waals surface area contributed by atoms with Gasteiger partial charge in [0.15, 0.2) is 0 Å². The molecule has 0 fully saturated rings. The highest BCUT2D eigenvalue weighted by atomic mass is 32.1. The quantitative estimate of drug-likeness (QED) is 0.395. The number of ether oxygens (including phenoxy) is 1. The number of aromatic nitrogens is 2. The summed E-state index contributed by atoms with van der Waals surface area (Å²) in [5, 5.41) is 11.5. The van der Waals surface area contributed by atoms with Crippen LogP contribution in [0.4, 0.5) is 0 Å². The third-order valence-corrected chi connectivity index (χ3v) is 5.91. The van der Waals surface area contributed by atoms with E-state index in [4.69, 9.17) is 15.0 Å². The third-order valence-electron chi connectivity index (χ3n) is 5.04. The van der Waals surface area contributed by atoms with Crippen LogP contribution in [0.25, 0.3) is 32.7 Å². The van der Waals surface area contributed by atoms with Crippen LogP contribution in [0.1, 0.15) is 18.4 Å². The smallest absolute Gasteiger partial charge is 0.263 e. The van der Waals surface area contributed by atoms with Gasteiger partial charge in [0.25, 0.3) is 5.56 Å². The highest BCUT2D eigenvalue weighted by Crippen LogP contribution is 2.37. The zero-order chi connectivity index (χ0) is 21.1. The number of aryl methyl sites for hydroxylation is 1. The lowest BCUT2D eigenvalue weighted by Gasteiger charge is -2.13. The molecule has 5 nitrogen and oxygen atoms in total. The van der Waals surface area contributed by atoms with E-state index < -0.39 is 0 Å². The fourth-order valence-electron chi connectivity index (χ4n) is 3.59. The zero-order valence-electron chi connectivity index (χ0n) is 16.9. The molecular formula is C24H21N3O2S. The van der Waals surface area contributed by atoms with Crippen LogP contribution >= 0.6 is 11.3 Å². The number of hydrogen-bond donors (Lipinski definition) is 0. The first-order valence-corrected chi connectivity index (χ1v) is 10.6. The molecule has 0 aliphatic carbocycles. The van der Waals surface area contributed by atoms with Gasteiger partial charge in [0.05, 0.1) is 18.6 Å². The molecule has 0 spiro atoms. The van der Waals surface area contributed by atoms with E-state index in [1.165, 1.54) is 11.3 Å². The molecule has 0 aliphatic heterocycles. The van der Waals surface area contributed by atoms with Crippen molar-refractivity contribution in [1.29, 1.82) is 5.26 Å². The van der Waals surface area contributed by atoms with E-state index >= 15 is 0 Å². The minimum atomic E-state index is -0.0865. The van der Waals surface area contributed by atoms with Crippen LogP contribution in [0.5, 0.6) is 5.75 Å². The largest absolute Gasteiger partial charge is 0.496 e. The lowest BCUT2D eigenvalue weighted by atomic mass is 10.0. The number of nitrogens with zero attached hydrogens (tertiary/aromatic N) is 3. The second-order valence-electron chi connectivity index (χ2n) is 7.05. The predicted octanol–water partition coefficient (Wildman–Crippen LogP) is 5.41. The Hall–Kier alpha value is -3.43. The summed E-state index contributed by atoms with van der Waals surface area (Å²) in [7, 11) is 1.63. The van der Waals surface area contributed by atoms with E-state index in [1.54, 1.807) is 11.7 Å². The molecular weight excluding hydrogens is 394 g/mol. The van der Waals surface area contributed by atoms with E-state index in [2.05, 4.69) is 6.07 Å². The Labute approximate surface area is 178 Å². The third kappa shape index (κ3) is 3.60. The van der Waals surface area contributed by atoms with E-state index in [-0.39, 0.29) is 5.56 Å². The van der Waals surface area contributed by atoms with Gasteiger partial charge in [0, 0.05) is 35.0 Å². The summed E-state index contributed by atoms with van der Waals surface area (Å²) in [6, 6.07) is 17.8. The second kappa shape index (κ2) is 8.52. The summed E-state index contributed by atoms with van der Waals surface area (Å²) in [4.78, 5) is 19.2. The molecule has 2 heterocycles. The molecule has 2 aromatic heterocycles. The Bertz CT molecular complexity index is 1300. The Balaban J connectivity index is 1.98. The van der Waals surface area contributed by atoms with Crippen LogP contribution in [-0.4, -0.2) is 16.7 Å². The van der Waals surface area contributed by atoms with Crippen LogP contribution < -0.4 is 10.3 Å². The molecule has 4 aromatic rings. The number of hydrogen-bond acceptors (Lipinski definition) is 5. The van der Waals surface area contributed by atoms with Crippen LogP contribution in [-0.2, 0) is 6.54 Å². The number of thiophene rings is 1. The molecule has 0 bridgehead atoms. The number of unbranched alkanes of at least 4 members (excludes halogenated alkanes) is 1. The van der Waals surface area contributed by atoms with Gasteiger partial charge in [-0.2, -0.15) is 5.26 Å². The average Bonchev–Trinajstić information content (AvgIpc) is 3.20. The first-order valence-electron chi connectivity index (χ1n) is 9.73. The lowest BCUT2D eigenvalue weighted by Crippen LogP contribution is -2.23. The van der Waals surface area contributed by atoms with Crippen LogP contribution in [0.2, 0.25) is 0 Å². The van der Waals surface area contributed by atoms with Crippen molar-refractivity contribution in [2.45, 2.75) is 26.3 Å². The molecule has 0 radical (unpaired) electrons. The molecule has 4 rings (SSSR count). The van der Waals surface area contributed by atoms with Gasteiger partial charge in [0.2, 0.25) is 0 Å². The molecule has 2 aromatic carbocycles. The molecule has 0 saturated heterocycles. The van der Waals surface area contributed by atoms with Gasteiger partial charge in [-0.3, -0.25) is 9.36 Å². The minimum absolute atomic E-state index is 0.0865. The summed E-state index contributed by atoms with van der Waals surface area (Å²) in [5.74, 6) is 1.36. The zero-order valence-corrected chi connectivity index (χ0v) is 17.7. The van der Waals surface area contributed by atoms with Crippen molar-refractivity contribution in [3.05, 3.63) is 69.8 Å². The molecule has 0 unspecified atom stereocenters. The standard InChI is InChI=1S/C24H21N3O2S/c1-16-10-11-20(29-2)18(14-16)19-15-30-23-21(19)24(28)27(13-7-6-12-25)22(26-23)17-8-4-3-5-9-17/h3-5,8-11,14-15H,6-7,13H2,1-2H3. The Morgan fingerprint density at radius 3 is 2.70 bits per heavy atom. The van der Waals surface area contributed by atoms with E-state index in [0.717, 1.165) is 28.0 Å². The monoisotopic (exact) mass is 415 g/mol. The van der Waals surface area contributed by atoms with Crippen molar-refractivity contribution < 1.29 is 4.74 Å². The summed E-state index contributed by atoms with van der Waals surface area (Å²) in [6.45, 7) is 2.46. The van der Waals surface area contributed by atoms with Crippen molar-refractivity contribution in [3.63, 3.8) is 0 Å². The lowest BCUT2D eigenvalue weighted by molar-refractivity contribution is 0.416.